The topological polar surface area (TPSA) is 38.7 Å². The molecule has 2 atom stereocenters. The first-order valence-corrected chi connectivity index (χ1v) is 6.49. The molecule has 2 aromatic carbocycles. The van der Waals surface area contributed by atoms with E-state index in [0.717, 1.165) is 23.5 Å². The number of aliphatic hydroxyl groups excluding tert-OH is 1. The van der Waals surface area contributed by atoms with Gasteiger partial charge < -0.3 is 14.6 Å². The van der Waals surface area contributed by atoms with E-state index in [9.17, 15) is 5.11 Å². The fourth-order valence-corrected chi connectivity index (χ4v) is 2.29. The Morgan fingerprint density at radius 1 is 1.11 bits per heavy atom. The van der Waals surface area contributed by atoms with Crippen LogP contribution in [0.3, 0.4) is 0 Å². The van der Waals surface area contributed by atoms with Crippen molar-refractivity contribution in [1.29, 1.82) is 0 Å². The number of para-hydroxylation sites is 1. The predicted molar refractivity (Wildman–Crippen MR) is 72.6 cm³/mol. The molecule has 3 rings (SSSR count). The van der Waals surface area contributed by atoms with Crippen molar-refractivity contribution >= 4 is 0 Å². The molecule has 1 aliphatic rings. The van der Waals surface area contributed by atoms with E-state index in [0.29, 0.717) is 5.75 Å². The molecule has 0 fully saturated rings. The van der Waals surface area contributed by atoms with Gasteiger partial charge in [-0.15, -0.1) is 0 Å². The molecule has 3 nitrogen and oxygen atoms in total. The van der Waals surface area contributed by atoms with E-state index < -0.39 is 6.10 Å². The third-order valence-electron chi connectivity index (χ3n) is 3.31. The zero-order valence-corrected chi connectivity index (χ0v) is 10.7. The molecule has 0 aromatic heterocycles. The smallest absolute Gasteiger partial charge is 0.129 e. The largest absolute Gasteiger partial charge is 0.487 e. The Labute approximate surface area is 112 Å². The fraction of sp³-hybridized carbons (Fsp3) is 0.250. The summed E-state index contributed by atoms with van der Waals surface area (Å²) in [5.74, 6) is 2.24. The van der Waals surface area contributed by atoms with Gasteiger partial charge in [-0.3, -0.25) is 0 Å². The molecule has 2 unspecified atom stereocenters. The fourth-order valence-electron chi connectivity index (χ4n) is 2.29. The summed E-state index contributed by atoms with van der Waals surface area (Å²) in [4.78, 5) is 0. The molecule has 0 aliphatic carbocycles. The van der Waals surface area contributed by atoms with Crippen LogP contribution in [0.1, 0.15) is 25.0 Å². The standard InChI is InChI=1S/C16H16O3/c1-2-14-16(17)13-10-12(8-9-15(13)19-14)18-11-6-4-3-5-7-11/h3-10,14,16-17H,2H2,1H3. The van der Waals surface area contributed by atoms with E-state index in [1.165, 1.54) is 0 Å². The summed E-state index contributed by atoms with van der Waals surface area (Å²) in [5.41, 5.74) is 0.806. The van der Waals surface area contributed by atoms with Gasteiger partial charge in [-0.05, 0) is 36.8 Å². The lowest BCUT2D eigenvalue weighted by Gasteiger charge is -2.10. The van der Waals surface area contributed by atoms with Gasteiger partial charge in [0.2, 0.25) is 0 Å². The molecule has 0 bridgehead atoms. The molecule has 98 valence electrons. The number of rotatable bonds is 3. The number of fused-ring (bicyclic) bond motifs is 1. The van der Waals surface area contributed by atoms with Crippen LogP contribution in [0, 0.1) is 0 Å². The highest BCUT2D eigenvalue weighted by Crippen LogP contribution is 2.40. The lowest BCUT2D eigenvalue weighted by Crippen LogP contribution is -2.16. The van der Waals surface area contributed by atoms with Crippen molar-refractivity contribution in [3.05, 3.63) is 54.1 Å². The zero-order valence-electron chi connectivity index (χ0n) is 10.7. The highest BCUT2D eigenvalue weighted by Gasteiger charge is 2.31. The number of hydrogen-bond acceptors (Lipinski definition) is 3. The monoisotopic (exact) mass is 256 g/mol. The maximum absolute atomic E-state index is 10.2. The van der Waals surface area contributed by atoms with Crippen LogP contribution in [-0.4, -0.2) is 11.2 Å². The Hall–Kier alpha value is -2.00. The van der Waals surface area contributed by atoms with Gasteiger partial charge in [-0.2, -0.15) is 0 Å². The summed E-state index contributed by atoms with van der Waals surface area (Å²) in [6, 6.07) is 15.1. The molecular formula is C16H16O3. The first-order valence-electron chi connectivity index (χ1n) is 6.49. The highest BCUT2D eigenvalue weighted by molar-refractivity contribution is 5.46. The van der Waals surface area contributed by atoms with Crippen LogP contribution in [0.15, 0.2) is 48.5 Å². The first-order chi connectivity index (χ1) is 9.28. The van der Waals surface area contributed by atoms with Gasteiger partial charge in [0.1, 0.15) is 29.5 Å². The minimum Gasteiger partial charge on any atom is -0.487 e. The van der Waals surface area contributed by atoms with E-state index in [-0.39, 0.29) is 6.10 Å². The molecule has 1 heterocycles. The summed E-state index contributed by atoms with van der Waals surface area (Å²) in [6.07, 6.45) is 0.0614. The van der Waals surface area contributed by atoms with Crippen molar-refractivity contribution in [3.63, 3.8) is 0 Å². The van der Waals surface area contributed by atoms with Crippen molar-refractivity contribution in [2.75, 3.05) is 0 Å². The summed E-state index contributed by atoms with van der Waals surface area (Å²) >= 11 is 0. The van der Waals surface area contributed by atoms with Crippen LogP contribution in [0.2, 0.25) is 0 Å². The molecule has 2 aromatic rings. The van der Waals surface area contributed by atoms with Gasteiger partial charge in [0.25, 0.3) is 0 Å². The molecule has 3 heteroatoms. The second-order valence-corrected chi connectivity index (χ2v) is 4.62. The van der Waals surface area contributed by atoms with E-state index >= 15 is 0 Å². The van der Waals surface area contributed by atoms with Crippen LogP contribution in [0.5, 0.6) is 17.2 Å². The van der Waals surface area contributed by atoms with Crippen LogP contribution < -0.4 is 9.47 Å². The molecule has 0 saturated carbocycles. The molecule has 0 radical (unpaired) electrons. The Kier molecular flexibility index (Phi) is 3.13. The number of aliphatic hydroxyl groups is 1. The van der Waals surface area contributed by atoms with E-state index in [1.54, 1.807) is 0 Å². The van der Waals surface area contributed by atoms with Gasteiger partial charge in [0, 0.05) is 5.56 Å². The van der Waals surface area contributed by atoms with Gasteiger partial charge in [-0.1, -0.05) is 25.1 Å². The lowest BCUT2D eigenvalue weighted by atomic mass is 10.1. The number of ether oxygens (including phenoxy) is 2. The van der Waals surface area contributed by atoms with Crippen LogP contribution in [0.4, 0.5) is 0 Å². The number of hydrogen-bond donors (Lipinski definition) is 1. The predicted octanol–water partition coefficient (Wildman–Crippen LogP) is 3.68. The Morgan fingerprint density at radius 2 is 1.89 bits per heavy atom. The van der Waals surface area contributed by atoms with Crippen molar-refractivity contribution in [2.45, 2.75) is 25.6 Å². The summed E-state index contributed by atoms with van der Waals surface area (Å²) in [6.45, 7) is 2.00. The molecule has 0 amide bonds. The zero-order chi connectivity index (χ0) is 13.2. The second-order valence-electron chi connectivity index (χ2n) is 4.62. The van der Waals surface area contributed by atoms with Gasteiger partial charge in [-0.25, -0.2) is 0 Å². The summed E-state index contributed by atoms with van der Waals surface area (Å²) < 4.78 is 11.4. The summed E-state index contributed by atoms with van der Waals surface area (Å²) in [7, 11) is 0. The summed E-state index contributed by atoms with van der Waals surface area (Å²) in [5, 5.41) is 10.2. The van der Waals surface area contributed by atoms with Crippen molar-refractivity contribution in [3.8, 4) is 17.2 Å². The molecule has 0 saturated heterocycles. The Morgan fingerprint density at radius 3 is 2.63 bits per heavy atom. The Bertz CT molecular complexity index is 565. The normalized spacial score (nSPS) is 20.7. The minimum absolute atomic E-state index is 0.151. The lowest BCUT2D eigenvalue weighted by molar-refractivity contribution is 0.0653. The molecule has 1 aliphatic heterocycles. The van der Waals surface area contributed by atoms with Crippen LogP contribution in [0.25, 0.3) is 0 Å². The molecule has 1 N–H and O–H groups in total. The molecule has 19 heavy (non-hydrogen) atoms. The molecular weight excluding hydrogens is 240 g/mol. The SMILES string of the molecule is CCC1Oc2ccc(Oc3ccccc3)cc2C1O. The first kappa shape index (κ1) is 12.1. The third-order valence-corrected chi connectivity index (χ3v) is 3.31. The quantitative estimate of drug-likeness (QED) is 0.910. The van der Waals surface area contributed by atoms with Gasteiger partial charge >= 0.3 is 0 Å². The second kappa shape index (κ2) is 4.94. The average molecular weight is 256 g/mol. The number of benzene rings is 2. The highest BCUT2D eigenvalue weighted by atomic mass is 16.5. The van der Waals surface area contributed by atoms with E-state index in [4.69, 9.17) is 9.47 Å². The van der Waals surface area contributed by atoms with Crippen molar-refractivity contribution < 1.29 is 14.6 Å². The van der Waals surface area contributed by atoms with Gasteiger partial charge in [0.05, 0.1) is 0 Å². The molecule has 0 spiro atoms. The van der Waals surface area contributed by atoms with Gasteiger partial charge in [0.15, 0.2) is 0 Å². The minimum atomic E-state index is -0.570. The maximum Gasteiger partial charge on any atom is 0.129 e. The maximum atomic E-state index is 10.2. The van der Waals surface area contributed by atoms with Crippen LogP contribution >= 0.6 is 0 Å². The van der Waals surface area contributed by atoms with E-state index in [1.807, 2.05) is 55.5 Å². The van der Waals surface area contributed by atoms with Crippen molar-refractivity contribution in [1.82, 2.24) is 0 Å². The van der Waals surface area contributed by atoms with Crippen LogP contribution in [-0.2, 0) is 0 Å². The Balaban J connectivity index is 1.85. The average Bonchev–Trinajstić information content (AvgIpc) is 2.77. The van der Waals surface area contributed by atoms with E-state index in [2.05, 4.69) is 0 Å². The third kappa shape index (κ3) is 2.29. The van der Waals surface area contributed by atoms with Crippen molar-refractivity contribution in [2.24, 2.45) is 0 Å².